The molecule has 6 aromatic heterocycles. The third kappa shape index (κ3) is 38.2. The molecular weight excluding hydrogens is 1840 g/mol. The van der Waals surface area contributed by atoms with Crippen molar-refractivity contribution in [3.05, 3.63) is 192 Å². The Kier molecular flexibility index (Phi) is 49.3. The summed E-state index contributed by atoms with van der Waals surface area (Å²) in [6.45, 7) is 43.9. The molecule has 6 aromatic carbocycles. The van der Waals surface area contributed by atoms with Gasteiger partial charge in [0.2, 0.25) is 11.8 Å². The van der Waals surface area contributed by atoms with Crippen molar-refractivity contribution in [3.8, 4) is 11.5 Å². The Morgan fingerprint density at radius 3 is 1.16 bits per heavy atom. The molecule has 3 amide bonds. The maximum absolute atomic E-state index is 12.2. The zero-order valence-electron chi connectivity index (χ0n) is 75.8. The maximum atomic E-state index is 12.2. The summed E-state index contributed by atoms with van der Waals surface area (Å²) in [4.78, 5) is 124. The van der Waals surface area contributed by atoms with Crippen LogP contribution in [0.1, 0.15) is 149 Å². The minimum Gasteiger partial charge on any atom is -0.481 e. The van der Waals surface area contributed by atoms with Gasteiger partial charge >= 0.3 is 30.2 Å². The number of amides is 3. The van der Waals surface area contributed by atoms with Crippen LogP contribution in [0.25, 0.3) is 65.4 Å². The van der Waals surface area contributed by atoms with Crippen LogP contribution in [0.2, 0.25) is 0 Å². The Morgan fingerprint density at radius 2 is 0.742 bits per heavy atom. The predicted octanol–water partition coefficient (Wildman–Crippen LogP) is 19.1. The number of aromatic amines is 4. The number of carboxylic acid groups (broad SMARTS) is 2. The molecule has 0 unspecified atom stereocenters. The van der Waals surface area contributed by atoms with Gasteiger partial charge in [0.15, 0.2) is 11.5 Å². The number of carboxylic acids is 2. The molecule has 0 spiro atoms. The zero-order valence-corrected chi connectivity index (χ0v) is 79.5. The molecule has 12 aromatic rings. The third-order valence-electron chi connectivity index (χ3n) is 18.3. The maximum Gasteiger partial charge on any atom is 0.410 e. The molecule has 3 saturated heterocycles. The number of carbonyl (C=O) groups excluding carboxylic acids is 7. The van der Waals surface area contributed by atoms with E-state index in [0.717, 1.165) is 104 Å². The summed E-state index contributed by atoms with van der Waals surface area (Å²) in [5.41, 5.74) is 7.13. The van der Waals surface area contributed by atoms with Crippen molar-refractivity contribution in [2.75, 3.05) is 115 Å². The molecule has 703 valence electrons. The molecule has 0 bridgehead atoms. The summed E-state index contributed by atoms with van der Waals surface area (Å²) in [7, 11) is 1.00. The molecule has 1 radical (unpaired) electrons. The molecule has 9 heterocycles. The fraction of sp³-hybridized carbons (Fsp3) is 0.406. The number of carbonyl (C=O) groups is 9. The molecule has 3 aliphatic heterocycles. The number of aromatic nitrogens is 6. The normalized spacial score (nSPS) is 12.6. The first kappa shape index (κ1) is 113. The fourth-order valence-electron chi connectivity index (χ4n) is 12.7. The minimum atomic E-state index is -0.833. The van der Waals surface area contributed by atoms with Crippen molar-refractivity contribution < 1.29 is 105 Å². The quantitative estimate of drug-likeness (QED) is 0.0318. The van der Waals surface area contributed by atoms with Crippen LogP contribution in [-0.4, -0.2) is 240 Å². The molecule has 3 aliphatic rings. The molecule has 15 rings (SSSR count). The zero-order chi connectivity index (χ0) is 92.7. The Morgan fingerprint density at radius 1 is 0.398 bits per heavy atom. The second kappa shape index (κ2) is 56.0. The van der Waals surface area contributed by atoms with Gasteiger partial charge in [-0.3, -0.25) is 37.9 Å². The van der Waals surface area contributed by atoms with Crippen molar-refractivity contribution in [1.29, 1.82) is 0 Å². The molecule has 0 atom stereocenters. The molecular formula is C96H134AgIN13O17. The van der Waals surface area contributed by atoms with Gasteiger partial charge in [0, 0.05) is 233 Å². The summed E-state index contributed by atoms with van der Waals surface area (Å²) < 4.78 is 30.6. The Balaban J connectivity index is 0.000000498. The molecule has 30 nitrogen and oxygen atoms in total. The fourth-order valence-corrected chi connectivity index (χ4v) is 13.3. The molecule has 32 heteroatoms. The predicted molar refractivity (Wildman–Crippen MR) is 517 cm³/mol. The van der Waals surface area contributed by atoms with Gasteiger partial charge < -0.3 is 93.7 Å². The molecule has 0 aliphatic carbocycles. The number of hydrogen-bond acceptors (Lipinski definition) is 19. The molecule has 3 fully saturated rings. The van der Waals surface area contributed by atoms with Crippen LogP contribution in [0.15, 0.2) is 189 Å². The number of nitrogens with one attached hydrogen (secondary N) is 5. The summed E-state index contributed by atoms with van der Waals surface area (Å²) in [6, 6.07) is 49.7. The number of rotatable bonds is 7. The standard InChI is InChI=1S/C19H25N3O3.C17H23N3O2.C12H11NO3.C10H9NO2.C9H18N2O2.C8H6IN.C8H7N.C6H15N.2C2H4O2.CH4O.2CH4.Ag/c1-14(23)22-13-17(15-7-5-6-8-16(15)22)20-9-11-21(12-10-20)18(24)25-19(2,3)4;1-17(2,3)22-16(21)20-10-8-19(9-11-20)15-12-18-14-7-5-4-6-13(14)15;1-8(14)13-7-12(16-9(2)15)10-5-3-4-6-11(10)13;1-7(12)13-10-6-11-9-5-3-2-4-8(9)10;1-9(2,3)13-8(12)11-6-4-10-5-7-11;9-7-5-10-8-4-2-1-3-6(7)8;1-2-4-8-7(3-1)5-6-9-8;1-4-7(5-2)6-3;2*1-2(3)4;1-2;;;/h5-8,13H,9-12H2,1-4H3;4-7,12,18H,8-11H2,1-3H3;3-7H,1-2H3;2-6,11H,1H3;10H,4-7H2,1-3H3;1-5,10H;1-6,9H;4-6H2,1-3H3;2*1H3,(H,3,4);2H,1H3;2*1H4;. The number of aliphatic hydroxyl groups excluding tert-OH is 1. The van der Waals surface area contributed by atoms with Gasteiger partial charge in [0.1, 0.15) is 16.8 Å². The van der Waals surface area contributed by atoms with E-state index in [9.17, 15) is 33.6 Å². The topological polar surface area (TPSA) is 365 Å². The summed E-state index contributed by atoms with van der Waals surface area (Å²) in [6.07, 6.45) is 10.5. The Hall–Kier alpha value is -11.5. The van der Waals surface area contributed by atoms with Crippen molar-refractivity contribution in [3.63, 3.8) is 0 Å². The van der Waals surface area contributed by atoms with E-state index < -0.39 is 29.1 Å². The average molecular weight is 1980 g/mol. The van der Waals surface area contributed by atoms with Gasteiger partial charge in [-0.25, -0.2) is 14.4 Å². The first-order chi connectivity index (χ1) is 59.2. The molecule has 0 saturated carbocycles. The van der Waals surface area contributed by atoms with Crippen LogP contribution < -0.4 is 24.6 Å². The van der Waals surface area contributed by atoms with Gasteiger partial charge in [0.05, 0.1) is 28.6 Å². The van der Waals surface area contributed by atoms with Gasteiger partial charge in [-0.2, -0.15) is 0 Å². The largest absolute Gasteiger partial charge is 0.481 e. The Bertz CT molecular complexity index is 5340. The molecule has 8 N–H and O–H groups in total. The van der Waals surface area contributed by atoms with Crippen LogP contribution >= 0.6 is 22.6 Å². The Labute approximate surface area is 781 Å². The van der Waals surface area contributed by atoms with E-state index in [1.54, 1.807) is 32.4 Å². The minimum absolute atomic E-state index is 0. The SMILES string of the molecule is C.C.CC(=O)O.CC(=O)O.CC(=O)Oc1c[nH]c2ccccc12.CC(=O)Oc1cn(C(C)=O)c2ccccc12.CC(=O)n1cc(N2CCN(C(=O)OC(C)(C)C)CC2)c2ccccc21.CC(C)(C)OC(=O)N1CCN(c2c[nH]c3ccccc23)CC1.CC(C)(C)OC(=O)N1CCNCC1.CCN(CC)CC.CO.Ic1c[nH]c2ccccc12.[Ag].c1ccc2[nH]ccc2c1. The second-order valence-electron chi connectivity index (χ2n) is 31.5. The van der Waals surface area contributed by atoms with Gasteiger partial charge in [0.25, 0.3) is 11.9 Å². The average Bonchev–Trinajstić information content (AvgIpc) is 1.64. The number of aliphatic hydroxyl groups is 1. The number of anilines is 2. The van der Waals surface area contributed by atoms with E-state index in [4.69, 9.17) is 48.6 Å². The third-order valence-corrected chi connectivity index (χ3v) is 19.2. The number of H-pyrrole nitrogens is 4. The number of nitrogens with zero attached hydrogens (tertiary/aromatic N) is 8. The smallest absolute Gasteiger partial charge is 0.410 e. The van der Waals surface area contributed by atoms with E-state index >= 15 is 0 Å². The van der Waals surface area contributed by atoms with E-state index in [1.807, 2.05) is 184 Å². The number of para-hydroxylation sites is 6. The van der Waals surface area contributed by atoms with Crippen LogP contribution in [-0.2, 0) is 55.8 Å². The van der Waals surface area contributed by atoms with E-state index in [0.29, 0.717) is 50.8 Å². The number of fused-ring (bicyclic) bond motifs is 6. The van der Waals surface area contributed by atoms with Crippen molar-refractivity contribution in [2.45, 2.75) is 156 Å². The van der Waals surface area contributed by atoms with Gasteiger partial charge in [-0.15, -0.1) is 0 Å². The van der Waals surface area contributed by atoms with Crippen LogP contribution in [0.5, 0.6) is 11.5 Å². The first-order valence-electron chi connectivity index (χ1n) is 41.4. The molecule has 128 heavy (non-hydrogen) atoms. The number of ether oxygens (including phenoxy) is 5. The van der Waals surface area contributed by atoms with E-state index in [1.165, 1.54) is 87.6 Å². The number of esters is 2. The van der Waals surface area contributed by atoms with Crippen molar-refractivity contribution in [1.82, 2.24) is 54.0 Å². The summed E-state index contributed by atoms with van der Waals surface area (Å²) in [5.74, 6) is -1.48. The second-order valence-corrected chi connectivity index (χ2v) is 32.6. The number of hydrogen-bond donors (Lipinski definition) is 8. The summed E-state index contributed by atoms with van der Waals surface area (Å²) >= 11 is 2.32. The van der Waals surface area contributed by atoms with Gasteiger partial charge in [-0.1, -0.05) is 133 Å². The number of benzene rings is 6. The number of halogens is 1. The van der Waals surface area contributed by atoms with Crippen LogP contribution in [0, 0.1) is 3.57 Å². The number of piperazine rings is 3. The number of aliphatic carboxylic acids is 2. The summed E-state index contributed by atoms with van der Waals surface area (Å²) in [5, 5.41) is 31.6. The first-order valence-corrected chi connectivity index (χ1v) is 42.4. The monoisotopic (exact) mass is 1970 g/mol. The van der Waals surface area contributed by atoms with Crippen LogP contribution in [0.3, 0.4) is 0 Å². The van der Waals surface area contributed by atoms with Gasteiger partial charge in [-0.05, 0) is 165 Å². The van der Waals surface area contributed by atoms with Crippen LogP contribution in [0.4, 0.5) is 25.8 Å². The van der Waals surface area contributed by atoms with Crippen molar-refractivity contribution >= 4 is 153 Å². The van der Waals surface area contributed by atoms with Crippen molar-refractivity contribution in [2.24, 2.45) is 0 Å². The van der Waals surface area contributed by atoms with E-state index in [2.05, 4.69) is 138 Å². The van der Waals surface area contributed by atoms with E-state index in [-0.39, 0.29) is 78.9 Å².